The van der Waals surface area contributed by atoms with Crippen LogP contribution in [0.4, 0.5) is 11.4 Å². The molecule has 0 fully saturated rings. The number of carbonyl (C=O) groups is 4. The van der Waals surface area contributed by atoms with E-state index in [1.54, 1.807) is 35.9 Å². The number of ether oxygens (including phenoxy) is 3. The lowest BCUT2D eigenvalue weighted by molar-refractivity contribution is -0.115. The highest BCUT2D eigenvalue weighted by Crippen LogP contribution is 2.38. The molecule has 6 heterocycles. The van der Waals surface area contributed by atoms with E-state index in [0.29, 0.717) is 40.4 Å². The number of fused-ring (bicyclic) bond motifs is 2. The van der Waals surface area contributed by atoms with Gasteiger partial charge in [-0.1, -0.05) is 72.8 Å². The predicted molar refractivity (Wildman–Crippen MR) is 265 cm³/mol. The second-order valence-electron chi connectivity index (χ2n) is 15.6. The molecule has 2 aliphatic rings. The van der Waals surface area contributed by atoms with Gasteiger partial charge < -0.3 is 34.8 Å². The van der Waals surface area contributed by atoms with Crippen LogP contribution in [-0.2, 0) is 25.5 Å². The van der Waals surface area contributed by atoms with E-state index in [1.807, 2.05) is 112 Å². The number of methoxy groups -OCH3 is 3. The first kappa shape index (κ1) is 45.7. The first-order valence-electron chi connectivity index (χ1n) is 21.1. The van der Waals surface area contributed by atoms with Crippen molar-refractivity contribution >= 4 is 69.5 Å². The van der Waals surface area contributed by atoms with Gasteiger partial charge in [0.25, 0.3) is 5.91 Å². The minimum atomic E-state index is -0.401. The van der Waals surface area contributed by atoms with E-state index in [2.05, 4.69) is 48.9 Å². The molecule has 4 aromatic carbocycles. The lowest BCUT2D eigenvalue weighted by Gasteiger charge is -2.03. The van der Waals surface area contributed by atoms with Gasteiger partial charge in [-0.15, -0.1) is 22.7 Å². The van der Waals surface area contributed by atoms with Crippen molar-refractivity contribution < 1.29 is 33.4 Å². The smallest absolute Gasteiger partial charge is 0.340 e. The number of amides is 2. The Kier molecular flexibility index (Phi) is 13.4. The van der Waals surface area contributed by atoms with Crippen LogP contribution in [0.5, 0.6) is 5.88 Å². The Balaban J connectivity index is 0.000000152. The molecule has 2 aliphatic heterocycles. The number of benzene rings is 4. The summed E-state index contributed by atoms with van der Waals surface area (Å²) in [4.78, 5) is 63.3. The average molecular weight is 931 g/mol. The van der Waals surface area contributed by atoms with E-state index in [0.717, 1.165) is 83.0 Å². The van der Waals surface area contributed by atoms with E-state index < -0.39 is 5.97 Å². The fourth-order valence-electron chi connectivity index (χ4n) is 7.92. The minimum Gasteiger partial charge on any atom is -0.482 e. The van der Waals surface area contributed by atoms with Crippen molar-refractivity contribution in [2.45, 2.75) is 34.1 Å². The van der Waals surface area contributed by atoms with Crippen LogP contribution in [0.3, 0.4) is 0 Å². The molecule has 0 radical (unpaired) electrons. The van der Waals surface area contributed by atoms with Gasteiger partial charge in [0, 0.05) is 72.6 Å². The molecular formula is C52H46N6O7S2. The van der Waals surface area contributed by atoms with Gasteiger partial charge in [-0.05, 0) is 69.2 Å². The Morgan fingerprint density at radius 2 is 1.16 bits per heavy atom. The van der Waals surface area contributed by atoms with Gasteiger partial charge in [0.1, 0.15) is 10.0 Å². The molecule has 15 heteroatoms. The number of anilines is 2. The fourth-order valence-corrected chi connectivity index (χ4v) is 9.59. The predicted octanol–water partition coefficient (Wildman–Crippen LogP) is 11.1. The molecule has 67 heavy (non-hydrogen) atoms. The zero-order valence-electron chi connectivity index (χ0n) is 37.7. The van der Waals surface area contributed by atoms with E-state index in [9.17, 15) is 19.2 Å². The maximum atomic E-state index is 12.8. The lowest BCUT2D eigenvalue weighted by Crippen LogP contribution is -2.04. The molecule has 0 spiro atoms. The highest BCUT2D eigenvalue weighted by molar-refractivity contribution is 7.13. The number of carbonyl (C=O) groups excluding carboxylic acids is 4. The number of aromatic nitrogens is 4. The van der Waals surface area contributed by atoms with Gasteiger partial charge in [-0.3, -0.25) is 9.59 Å². The molecule has 338 valence electrons. The van der Waals surface area contributed by atoms with Crippen LogP contribution in [0.15, 0.2) is 108 Å². The van der Waals surface area contributed by atoms with E-state index in [4.69, 9.17) is 19.4 Å². The molecule has 0 atom stereocenters. The highest BCUT2D eigenvalue weighted by atomic mass is 32.1. The summed E-state index contributed by atoms with van der Waals surface area (Å²) >= 11 is 3.23. The number of esters is 2. The maximum absolute atomic E-state index is 12.8. The lowest BCUT2D eigenvalue weighted by atomic mass is 10.0. The Morgan fingerprint density at radius 3 is 1.72 bits per heavy atom. The molecule has 10 rings (SSSR count). The zero-order valence-corrected chi connectivity index (χ0v) is 39.4. The van der Waals surface area contributed by atoms with Gasteiger partial charge in [-0.2, -0.15) is 0 Å². The number of H-pyrrole nitrogens is 2. The van der Waals surface area contributed by atoms with Crippen molar-refractivity contribution in [3.63, 3.8) is 0 Å². The van der Waals surface area contributed by atoms with Crippen molar-refractivity contribution in [3.05, 3.63) is 158 Å². The van der Waals surface area contributed by atoms with E-state index >= 15 is 0 Å². The number of aromatic amines is 2. The van der Waals surface area contributed by atoms with Crippen molar-refractivity contribution in [1.29, 1.82) is 0 Å². The monoisotopic (exact) mass is 930 g/mol. The first-order chi connectivity index (χ1) is 32.4. The highest BCUT2D eigenvalue weighted by Gasteiger charge is 2.27. The fraction of sp³-hybridized carbons (Fsp3) is 0.154. The molecule has 0 saturated carbocycles. The second kappa shape index (κ2) is 19.7. The molecule has 8 aromatic rings. The summed E-state index contributed by atoms with van der Waals surface area (Å²) in [6, 6.07) is 32.1. The van der Waals surface area contributed by atoms with Crippen molar-refractivity contribution in [3.8, 4) is 49.5 Å². The number of thiazole rings is 2. The third kappa shape index (κ3) is 9.60. The molecule has 0 unspecified atom stereocenters. The molecule has 4 N–H and O–H groups in total. The molecular weight excluding hydrogens is 885 g/mol. The first-order valence-corrected chi connectivity index (χ1v) is 22.8. The third-order valence-corrected chi connectivity index (χ3v) is 13.1. The van der Waals surface area contributed by atoms with Crippen molar-refractivity contribution in [2.24, 2.45) is 0 Å². The topological polar surface area (TPSA) is 177 Å². The normalized spacial score (nSPS) is 12.8. The van der Waals surface area contributed by atoms with Gasteiger partial charge in [0.15, 0.2) is 5.88 Å². The largest absolute Gasteiger partial charge is 0.482 e. The standard InChI is InChI=1S/C26H21N3O3S.C17H12N2OS.C9H13NO3/c1-14-21(27-15(2)23(14)26(31)32-3)12-19-18-11-17(9-10-20(18)28-24(19)30)22-13-33-25(29-22)16-7-5-4-6-8-16;20-16-9-13-8-12(6-7-14(13)18-16)15-10-21-17(19-15)11-4-2-1-3-5-11;1-5-7(9(11)13-4)6(2)10-8(5)12-3/h4-13,27H,1-3H3,(H,28,30);1-8,10H,9H2,(H,18,20);10H,1-4H3/b19-12-;;. The van der Waals surface area contributed by atoms with Crippen molar-refractivity contribution in [2.75, 3.05) is 32.0 Å². The van der Waals surface area contributed by atoms with Crippen LogP contribution in [0.1, 0.15) is 60.1 Å². The van der Waals surface area contributed by atoms with Gasteiger partial charge in [0.2, 0.25) is 5.91 Å². The third-order valence-electron chi connectivity index (χ3n) is 11.3. The van der Waals surface area contributed by atoms with Crippen LogP contribution in [0.25, 0.3) is 55.3 Å². The Morgan fingerprint density at radius 1 is 0.627 bits per heavy atom. The SMILES string of the molecule is COC(=O)c1c(C)[nH]c(/C=C2\C(=O)Nc3ccc(-c4csc(-c5ccccc5)n4)cc32)c1C.COC(=O)c1c(C)[nH]c(OC)c1C.O=C1Cc2cc(-c3csc(-c4ccccc4)n3)ccc2N1. The van der Waals surface area contributed by atoms with E-state index in [1.165, 1.54) is 14.2 Å². The maximum Gasteiger partial charge on any atom is 0.340 e. The summed E-state index contributed by atoms with van der Waals surface area (Å²) in [6.45, 7) is 7.28. The Hall–Kier alpha value is -7.88. The van der Waals surface area contributed by atoms with Crippen LogP contribution in [0.2, 0.25) is 0 Å². The zero-order chi connectivity index (χ0) is 47.4. The van der Waals surface area contributed by atoms with Gasteiger partial charge >= 0.3 is 11.9 Å². The molecule has 2 amide bonds. The summed E-state index contributed by atoms with van der Waals surface area (Å²) in [6.07, 6.45) is 2.25. The number of rotatable bonds is 8. The summed E-state index contributed by atoms with van der Waals surface area (Å²) < 4.78 is 14.6. The summed E-state index contributed by atoms with van der Waals surface area (Å²) in [7, 11) is 4.27. The van der Waals surface area contributed by atoms with Crippen LogP contribution in [0, 0.1) is 27.7 Å². The van der Waals surface area contributed by atoms with Gasteiger partial charge in [-0.25, -0.2) is 19.6 Å². The van der Waals surface area contributed by atoms with Crippen molar-refractivity contribution in [1.82, 2.24) is 19.9 Å². The van der Waals surface area contributed by atoms with Crippen LogP contribution >= 0.6 is 22.7 Å². The van der Waals surface area contributed by atoms with Crippen LogP contribution < -0.4 is 15.4 Å². The molecule has 0 saturated heterocycles. The Bertz CT molecular complexity index is 3200. The Labute approximate surface area is 394 Å². The second-order valence-corrected chi connectivity index (χ2v) is 17.3. The minimum absolute atomic E-state index is 0.0606. The number of nitrogens with one attached hydrogen (secondary N) is 4. The summed E-state index contributed by atoms with van der Waals surface area (Å²) in [5.41, 5.74) is 14.8. The number of nitrogens with zero attached hydrogens (tertiary/aromatic N) is 2. The van der Waals surface area contributed by atoms with Crippen LogP contribution in [-0.4, -0.2) is 65.0 Å². The number of hydrogen-bond donors (Lipinski definition) is 4. The summed E-state index contributed by atoms with van der Waals surface area (Å²) in [5, 5.41) is 11.8. The van der Waals surface area contributed by atoms with Gasteiger partial charge in [0.05, 0.1) is 55.8 Å². The molecule has 4 aromatic heterocycles. The number of aryl methyl sites for hydroxylation is 2. The molecule has 0 bridgehead atoms. The molecule has 0 aliphatic carbocycles. The van der Waals surface area contributed by atoms with E-state index in [-0.39, 0.29) is 17.8 Å². The molecule has 13 nitrogen and oxygen atoms in total. The number of hydrogen-bond acceptors (Lipinski definition) is 11. The quantitative estimate of drug-likeness (QED) is 0.0853. The summed E-state index contributed by atoms with van der Waals surface area (Å²) in [5.74, 6) is -0.253. The average Bonchev–Trinajstić information content (AvgIpc) is 4.22.